The van der Waals surface area contributed by atoms with E-state index in [1.807, 2.05) is 95.6 Å². The van der Waals surface area contributed by atoms with Crippen LogP contribution in [0, 0.1) is 0 Å². The van der Waals surface area contributed by atoms with Gasteiger partial charge in [0.2, 0.25) is 0 Å². The van der Waals surface area contributed by atoms with Crippen molar-refractivity contribution in [3.8, 4) is 22.8 Å². The highest BCUT2D eigenvalue weighted by Crippen LogP contribution is 2.29. The molecule has 5 rings (SSSR count). The third-order valence-corrected chi connectivity index (χ3v) is 6.80. The van der Waals surface area contributed by atoms with E-state index in [-0.39, 0.29) is 11.7 Å². The minimum atomic E-state index is -0.271. The number of hydrogen-bond acceptors (Lipinski definition) is 6. The number of aromatic nitrogens is 3. The van der Waals surface area contributed by atoms with Crippen LogP contribution in [0.1, 0.15) is 5.56 Å². The molecule has 7 nitrogen and oxygen atoms in total. The zero-order valence-electron chi connectivity index (χ0n) is 19.8. The molecule has 0 aliphatic heterocycles. The number of benzene rings is 4. The van der Waals surface area contributed by atoms with Gasteiger partial charge in [-0.1, -0.05) is 84.0 Å². The first-order valence-corrected chi connectivity index (χ1v) is 12.8. The number of halogens is 1. The molecule has 0 bridgehead atoms. The van der Waals surface area contributed by atoms with E-state index >= 15 is 0 Å². The maximum absolute atomic E-state index is 12.6. The Morgan fingerprint density at radius 2 is 1.76 bits per heavy atom. The molecule has 1 heterocycles. The summed E-state index contributed by atoms with van der Waals surface area (Å²) in [4.78, 5) is 12.6. The quantitative estimate of drug-likeness (QED) is 0.152. The van der Waals surface area contributed by atoms with E-state index in [0.717, 1.165) is 27.6 Å². The number of rotatable bonds is 8. The summed E-state index contributed by atoms with van der Waals surface area (Å²) in [7, 11) is 1.61. The SMILES string of the molecule is COc1ccc2ccccc2c1/C=N\NC(=O)CSc1nnc(-c2ccccc2)n1-c1ccc(Cl)cc1. The highest BCUT2D eigenvalue weighted by atomic mass is 35.5. The van der Waals surface area contributed by atoms with Crippen molar-refractivity contribution in [2.75, 3.05) is 12.9 Å². The normalized spacial score (nSPS) is 11.2. The summed E-state index contributed by atoms with van der Waals surface area (Å²) in [6, 6.07) is 29.0. The number of thioether (sulfide) groups is 1. The van der Waals surface area contributed by atoms with Gasteiger partial charge in [0.25, 0.3) is 5.91 Å². The van der Waals surface area contributed by atoms with Crippen LogP contribution in [0.15, 0.2) is 101 Å². The molecule has 0 saturated heterocycles. The second kappa shape index (κ2) is 11.3. The molecule has 184 valence electrons. The molecule has 0 aliphatic rings. The Bertz CT molecular complexity index is 1570. The number of hydrogen-bond donors (Lipinski definition) is 1. The molecular weight excluding hydrogens is 506 g/mol. The Balaban J connectivity index is 1.33. The summed E-state index contributed by atoms with van der Waals surface area (Å²) in [6.45, 7) is 0. The predicted molar refractivity (Wildman–Crippen MR) is 149 cm³/mol. The van der Waals surface area contributed by atoms with Crippen LogP contribution in [0.3, 0.4) is 0 Å². The summed E-state index contributed by atoms with van der Waals surface area (Å²) in [5.74, 6) is 1.18. The topological polar surface area (TPSA) is 81.4 Å². The zero-order chi connectivity index (χ0) is 25.6. The Morgan fingerprint density at radius 3 is 2.54 bits per heavy atom. The number of carbonyl (C=O) groups excluding carboxylic acids is 1. The summed E-state index contributed by atoms with van der Waals surface area (Å²) < 4.78 is 7.39. The van der Waals surface area contributed by atoms with Crippen LogP contribution >= 0.6 is 23.4 Å². The average Bonchev–Trinajstić information content (AvgIpc) is 3.37. The number of fused-ring (bicyclic) bond motifs is 1. The van der Waals surface area contributed by atoms with Gasteiger partial charge in [0, 0.05) is 21.8 Å². The largest absolute Gasteiger partial charge is 0.496 e. The van der Waals surface area contributed by atoms with Crippen molar-refractivity contribution >= 4 is 46.3 Å². The lowest BCUT2D eigenvalue weighted by molar-refractivity contribution is -0.118. The van der Waals surface area contributed by atoms with Crippen molar-refractivity contribution in [3.63, 3.8) is 0 Å². The number of methoxy groups -OCH3 is 1. The Hall–Kier alpha value is -4.14. The minimum Gasteiger partial charge on any atom is -0.496 e. The second-order valence-corrected chi connectivity index (χ2v) is 9.35. The predicted octanol–water partition coefficient (Wildman–Crippen LogP) is 5.99. The van der Waals surface area contributed by atoms with Gasteiger partial charge in [0.1, 0.15) is 5.75 Å². The van der Waals surface area contributed by atoms with E-state index in [9.17, 15) is 4.79 Å². The van der Waals surface area contributed by atoms with Crippen molar-refractivity contribution in [1.82, 2.24) is 20.2 Å². The van der Waals surface area contributed by atoms with Gasteiger partial charge in [-0.2, -0.15) is 5.10 Å². The van der Waals surface area contributed by atoms with Crippen LogP contribution < -0.4 is 10.2 Å². The first-order valence-electron chi connectivity index (χ1n) is 11.4. The number of ether oxygens (including phenoxy) is 1. The highest BCUT2D eigenvalue weighted by molar-refractivity contribution is 7.99. The van der Waals surface area contributed by atoms with Crippen LogP contribution in [0.2, 0.25) is 5.02 Å². The molecule has 0 fully saturated rings. The molecule has 37 heavy (non-hydrogen) atoms. The zero-order valence-corrected chi connectivity index (χ0v) is 21.4. The number of amides is 1. The standard InChI is InChI=1S/C28H22ClN5O2S/c1-36-25-16-11-19-7-5-6-10-23(19)24(25)17-30-31-26(35)18-37-28-33-32-27(20-8-3-2-4-9-20)34(28)22-14-12-21(29)13-15-22/h2-17H,18H2,1H3,(H,31,35)/b30-17-. The number of nitrogens with one attached hydrogen (secondary N) is 1. The van der Waals surface area contributed by atoms with E-state index in [1.165, 1.54) is 11.8 Å². The summed E-state index contributed by atoms with van der Waals surface area (Å²) in [5.41, 5.74) is 5.15. The minimum absolute atomic E-state index is 0.102. The van der Waals surface area contributed by atoms with E-state index in [4.69, 9.17) is 16.3 Å². The molecule has 4 aromatic carbocycles. The van der Waals surface area contributed by atoms with Crippen LogP contribution in [0.5, 0.6) is 5.75 Å². The Labute approximate surface area is 223 Å². The molecular formula is C28H22ClN5O2S. The van der Waals surface area contributed by atoms with Gasteiger partial charge in [-0.15, -0.1) is 10.2 Å². The molecule has 5 aromatic rings. The van der Waals surface area contributed by atoms with E-state index in [2.05, 4.69) is 20.7 Å². The maximum atomic E-state index is 12.6. The maximum Gasteiger partial charge on any atom is 0.250 e. The van der Waals surface area contributed by atoms with Crippen molar-refractivity contribution in [1.29, 1.82) is 0 Å². The van der Waals surface area contributed by atoms with Crippen LogP contribution in [0.4, 0.5) is 0 Å². The van der Waals surface area contributed by atoms with E-state index in [1.54, 1.807) is 13.3 Å². The van der Waals surface area contributed by atoms with E-state index < -0.39 is 0 Å². The first-order chi connectivity index (χ1) is 18.1. The average molecular weight is 528 g/mol. The monoisotopic (exact) mass is 527 g/mol. The van der Waals surface area contributed by atoms with Crippen LogP contribution in [0.25, 0.3) is 27.8 Å². The van der Waals surface area contributed by atoms with Gasteiger partial charge in [-0.05, 0) is 41.1 Å². The van der Waals surface area contributed by atoms with E-state index in [0.29, 0.717) is 21.8 Å². The van der Waals surface area contributed by atoms with Gasteiger partial charge < -0.3 is 4.74 Å². The van der Waals surface area contributed by atoms with Gasteiger partial charge >= 0.3 is 0 Å². The Morgan fingerprint density at radius 1 is 1.00 bits per heavy atom. The first kappa shape index (κ1) is 24.5. The van der Waals surface area contributed by atoms with Crippen molar-refractivity contribution in [2.45, 2.75) is 5.16 Å². The molecule has 1 N–H and O–H groups in total. The second-order valence-electron chi connectivity index (χ2n) is 7.97. The molecule has 0 radical (unpaired) electrons. The number of hydrazone groups is 1. The highest BCUT2D eigenvalue weighted by Gasteiger charge is 2.17. The van der Waals surface area contributed by atoms with Crippen LogP contribution in [-0.4, -0.2) is 39.7 Å². The lowest BCUT2D eigenvalue weighted by atomic mass is 10.0. The Kier molecular flexibility index (Phi) is 7.49. The van der Waals surface area contributed by atoms with Crippen molar-refractivity contribution in [2.24, 2.45) is 5.10 Å². The summed E-state index contributed by atoms with van der Waals surface area (Å²) in [6.07, 6.45) is 1.60. The summed E-state index contributed by atoms with van der Waals surface area (Å²) >= 11 is 7.37. The number of nitrogens with zero attached hydrogens (tertiary/aromatic N) is 4. The lowest BCUT2D eigenvalue weighted by Crippen LogP contribution is -2.20. The van der Waals surface area contributed by atoms with Gasteiger partial charge in [-0.3, -0.25) is 9.36 Å². The fraction of sp³-hybridized carbons (Fsp3) is 0.0714. The summed E-state index contributed by atoms with van der Waals surface area (Å²) in [5, 5.41) is 16.2. The van der Waals surface area contributed by atoms with Gasteiger partial charge in [0.15, 0.2) is 11.0 Å². The fourth-order valence-electron chi connectivity index (χ4n) is 3.88. The fourth-order valence-corrected chi connectivity index (χ4v) is 4.75. The molecule has 0 atom stereocenters. The molecule has 0 spiro atoms. The molecule has 0 saturated carbocycles. The smallest absolute Gasteiger partial charge is 0.250 e. The van der Waals surface area contributed by atoms with Crippen molar-refractivity contribution in [3.05, 3.63) is 102 Å². The number of carbonyl (C=O) groups is 1. The molecule has 1 amide bonds. The lowest BCUT2D eigenvalue weighted by Gasteiger charge is -2.10. The van der Waals surface area contributed by atoms with Crippen molar-refractivity contribution < 1.29 is 9.53 Å². The molecule has 1 aromatic heterocycles. The van der Waals surface area contributed by atoms with Gasteiger partial charge in [0.05, 0.1) is 19.1 Å². The third kappa shape index (κ3) is 5.50. The third-order valence-electron chi connectivity index (χ3n) is 5.62. The molecule has 0 aliphatic carbocycles. The molecule has 0 unspecified atom stereocenters. The van der Waals surface area contributed by atoms with Gasteiger partial charge in [-0.25, -0.2) is 5.43 Å². The van der Waals surface area contributed by atoms with Crippen LogP contribution in [-0.2, 0) is 4.79 Å². The molecule has 9 heteroatoms.